The molecule has 14 heteroatoms. The molecule has 5 rings (SSSR count). The van der Waals surface area contributed by atoms with E-state index in [1.807, 2.05) is 25.1 Å². The maximum atomic E-state index is 13.7. The highest BCUT2D eigenvalue weighted by atomic mass is 35.5. The van der Waals surface area contributed by atoms with Gasteiger partial charge in [0, 0.05) is 38.8 Å². The summed E-state index contributed by atoms with van der Waals surface area (Å²) in [6.45, 7) is 6.21. The van der Waals surface area contributed by atoms with Gasteiger partial charge in [-0.3, -0.25) is 14.5 Å². The van der Waals surface area contributed by atoms with Crippen molar-refractivity contribution in [3.05, 3.63) is 71.3 Å². The molecule has 4 N–H and O–H groups in total. The van der Waals surface area contributed by atoms with Gasteiger partial charge in [-0.25, -0.2) is 4.98 Å². The number of imidazole rings is 1. The Labute approximate surface area is 299 Å². The van der Waals surface area contributed by atoms with Gasteiger partial charge in [0.2, 0.25) is 0 Å². The van der Waals surface area contributed by atoms with Crippen molar-refractivity contribution in [2.75, 3.05) is 69.9 Å². The normalized spacial score (nSPS) is 13.9. The molecule has 2 heterocycles. The minimum Gasteiger partial charge on any atom is -0.495 e. The number of nitrogens with two attached hydrogens (primary N) is 1. The van der Waals surface area contributed by atoms with E-state index >= 15 is 0 Å². The maximum absolute atomic E-state index is 13.7. The molecule has 1 aliphatic heterocycles. The summed E-state index contributed by atoms with van der Waals surface area (Å²) < 4.78 is 11.7. The summed E-state index contributed by atoms with van der Waals surface area (Å²) in [4.78, 5) is 51.8. The number of nitrogens with zero attached hydrogens (tertiary/aromatic N) is 4. The molecule has 0 spiro atoms. The highest BCUT2D eigenvalue weighted by molar-refractivity contribution is 6.13. The van der Waals surface area contributed by atoms with E-state index in [0.29, 0.717) is 51.6 Å². The summed E-state index contributed by atoms with van der Waals surface area (Å²) in [7, 11) is 5.28. The fraction of sp³-hybridized carbons (Fsp3) is 0.371. The summed E-state index contributed by atoms with van der Waals surface area (Å²) in [6, 6.07) is 15.7. The number of benzene rings is 3. The number of nitrogens with one attached hydrogen (secondary N) is 2. The van der Waals surface area contributed by atoms with E-state index in [-0.39, 0.29) is 48.6 Å². The number of hydrogen-bond acceptors (Lipinski definition) is 9. The van der Waals surface area contributed by atoms with Gasteiger partial charge in [0.1, 0.15) is 23.3 Å². The molecule has 1 fully saturated rings. The van der Waals surface area contributed by atoms with E-state index < -0.39 is 0 Å². The zero-order chi connectivity index (χ0) is 33.5. The third-order valence-corrected chi connectivity index (χ3v) is 8.57. The molecule has 12 nitrogen and oxygen atoms in total. The highest BCUT2D eigenvalue weighted by Gasteiger charge is 2.23. The first-order valence-corrected chi connectivity index (χ1v) is 15.8. The number of likely N-dealkylation sites (N-methyl/N-ethyl adjacent to an activating group) is 1. The predicted molar refractivity (Wildman–Crippen MR) is 198 cm³/mol. The van der Waals surface area contributed by atoms with E-state index in [1.54, 1.807) is 48.3 Å². The first kappa shape index (κ1) is 39.1. The van der Waals surface area contributed by atoms with Gasteiger partial charge in [0.15, 0.2) is 5.95 Å². The van der Waals surface area contributed by atoms with Gasteiger partial charge in [-0.15, -0.1) is 24.8 Å². The molecule has 3 aromatic carbocycles. The zero-order valence-corrected chi connectivity index (χ0v) is 29.9. The van der Waals surface area contributed by atoms with Crippen LogP contribution in [0.15, 0.2) is 54.6 Å². The first-order valence-electron chi connectivity index (χ1n) is 15.8. The van der Waals surface area contributed by atoms with Crippen molar-refractivity contribution in [1.82, 2.24) is 19.8 Å². The number of methoxy groups -OCH3 is 1. The monoisotopic (exact) mass is 713 g/mol. The Morgan fingerprint density at radius 1 is 1.06 bits per heavy atom. The quantitative estimate of drug-likeness (QED) is 0.126. The van der Waals surface area contributed by atoms with Crippen molar-refractivity contribution in [2.24, 2.45) is 0 Å². The van der Waals surface area contributed by atoms with Gasteiger partial charge in [-0.05, 0) is 81.3 Å². The number of para-hydroxylation sites is 1. The van der Waals surface area contributed by atoms with Crippen LogP contribution < -0.4 is 25.4 Å². The Morgan fingerprint density at radius 2 is 1.82 bits per heavy atom. The predicted octanol–water partition coefficient (Wildman–Crippen LogP) is 5.20. The smallest absolute Gasteiger partial charge is 0.258 e. The zero-order valence-electron chi connectivity index (χ0n) is 28.2. The number of aldehydes is 1. The second kappa shape index (κ2) is 17.9. The first-order chi connectivity index (χ1) is 22.7. The number of aromatic nitrogens is 2. The summed E-state index contributed by atoms with van der Waals surface area (Å²) in [6.07, 6.45) is 3.51. The second-order valence-electron chi connectivity index (χ2n) is 11.9. The third-order valence-electron chi connectivity index (χ3n) is 8.57. The van der Waals surface area contributed by atoms with Crippen LogP contribution in [-0.2, 0) is 4.79 Å². The molecule has 1 aromatic heterocycles. The van der Waals surface area contributed by atoms with Gasteiger partial charge in [-0.1, -0.05) is 12.1 Å². The number of amides is 2. The minimum atomic E-state index is -0.390. The van der Waals surface area contributed by atoms with Gasteiger partial charge in [0.05, 0.1) is 42.2 Å². The average molecular weight is 715 g/mol. The van der Waals surface area contributed by atoms with E-state index in [1.165, 1.54) is 7.11 Å². The lowest BCUT2D eigenvalue weighted by molar-refractivity contribution is -0.113. The van der Waals surface area contributed by atoms with Crippen LogP contribution in [0.1, 0.15) is 45.5 Å². The van der Waals surface area contributed by atoms with Crippen LogP contribution in [0.3, 0.4) is 0 Å². The number of hydrogen-bond donors (Lipinski definition) is 3. The standard InChI is InChI=1S/C35H43N7O5.2ClH/c1-23-11-14-29(31(20-23)47-19-6-5-8-25(22-43)42-17-15-40(2)16-18-42)41(3)34(45)24-12-13-27(30(21-24)46-4)37-33(44)26-9-7-10-28-32(26)39-35(36)38-28;;/h7,9-14,20-22,25H,5-6,8,15-19H2,1-4H3,(H,37,44)(H3,36,38,39);2*1H. The number of aromatic amines is 1. The van der Waals surface area contributed by atoms with Crippen LogP contribution in [0.4, 0.5) is 17.3 Å². The Hall–Kier alpha value is -4.36. The van der Waals surface area contributed by atoms with Crippen LogP contribution in [-0.4, -0.2) is 97.9 Å². The van der Waals surface area contributed by atoms with E-state index in [9.17, 15) is 14.4 Å². The van der Waals surface area contributed by atoms with Crippen LogP contribution in [0, 0.1) is 6.92 Å². The van der Waals surface area contributed by atoms with Crippen molar-refractivity contribution in [2.45, 2.75) is 32.2 Å². The molecular weight excluding hydrogens is 669 g/mol. The SMILES string of the molecule is COc1cc(C(=O)N(C)c2ccc(C)cc2OCCCCC(C=O)N2CCN(C)CC2)ccc1NC(=O)c1cccc2[nH]c(N)nc12.Cl.Cl. The van der Waals surface area contributed by atoms with Crippen LogP contribution in [0.5, 0.6) is 11.5 Å². The Balaban J connectivity index is 0.00000325. The van der Waals surface area contributed by atoms with Crippen molar-refractivity contribution in [3.63, 3.8) is 0 Å². The number of carbonyl (C=O) groups is 3. The lowest BCUT2D eigenvalue weighted by Crippen LogP contribution is -2.49. The molecule has 0 radical (unpaired) electrons. The Morgan fingerprint density at radius 3 is 2.53 bits per heavy atom. The lowest BCUT2D eigenvalue weighted by atomic mass is 10.1. The van der Waals surface area contributed by atoms with E-state index in [4.69, 9.17) is 15.2 Å². The van der Waals surface area contributed by atoms with Crippen molar-refractivity contribution >= 4 is 71.3 Å². The van der Waals surface area contributed by atoms with Crippen LogP contribution in [0.2, 0.25) is 0 Å². The largest absolute Gasteiger partial charge is 0.495 e. The number of piperazine rings is 1. The molecule has 2 amide bonds. The molecule has 1 saturated heterocycles. The number of aryl methyl sites for hydroxylation is 1. The number of fused-ring (bicyclic) bond motifs is 1. The summed E-state index contributed by atoms with van der Waals surface area (Å²) in [5.74, 6) is 0.496. The lowest BCUT2D eigenvalue weighted by Gasteiger charge is -2.35. The molecule has 49 heavy (non-hydrogen) atoms. The molecule has 264 valence electrons. The maximum Gasteiger partial charge on any atom is 0.258 e. The minimum absolute atomic E-state index is 0. The number of halogens is 2. The second-order valence-corrected chi connectivity index (χ2v) is 11.9. The fourth-order valence-electron chi connectivity index (χ4n) is 5.80. The van der Waals surface area contributed by atoms with Gasteiger partial charge in [-0.2, -0.15) is 0 Å². The van der Waals surface area contributed by atoms with Gasteiger partial charge in [0.25, 0.3) is 11.8 Å². The summed E-state index contributed by atoms with van der Waals surface area (Å²) in [5, 5.41) is 2.86. The van der Waals surface area contributed by atoms with Crippen LogP contribution >= 0.6 is 24.8 Å². The van der Waals surface area contributed by atoms with Crippen molar-refractivity contribution < 1.29 is 23.9 Å². The number of H-pyrrole nitrogens is 1. The molecule has 4 aromatic rings. The molecule has 1 unspecified atom stereocenters. The summed E-state index contributed by atoms with van der Waals surface area (Å²) >= 11 is 0. The third kappa shape index (κ3) is 9.42. The van der Waals surface area contributed by atoms with E-state index in [0.717, 1.165) is 57.3 Å². The van der Waals surface area contributed by atoms with E-state index in [2.05, 4.69) is 32.1 Å². The molecule has 0 saturated carbocycles. The Bertz CT molecular complexity index is 1740. The molecule has 0 aliphatic carbocycles. The number of carbonyl (C=O) groups excluding carboxylic acids is 3. The molecule has 1 atom stereocenters. The number of nitrogen functional groups attached to an aromatic ring is 1. The number of ether oxygens (including phenoxy) is 2. The highest BCUT2D eigenvalue weighted by Crippen LogP contribution is 2.32. The average Bonchev–Trinajstić information content (AvgIpc) is 3.46. The number of rotatable bonds is 13. The summed E-state index contributed by atoms with van der Waals surface area (Å²) in [5.41, 5.74) is 9.67. The number of unbranched alkanes of at least 4 members (excludes halogenated alkanes) is 1. The molecule has 1 aliphatic rings. The van der Waals surface area contributed by atoms with Crippen molar-refractivity contribution in [1.29, 1.82) is 0 Å². The van der Waals surface area contributed by atoms with Gasteiger partial charge < -0.3 is 40.1 Å². The molecule has 0 bridgehead atoms. The molecular formula is C35H45Cl2N7O5. The van der Waals surface area contributed by atoms with Crippen LogP contribution in [0.25, 0.3) is 11.0 Å². The Kier molecular flexibility index (Phi) is 14.3. The number of anilines is 3. The van der Waals surface area contributed by atoms with Gasteiger partial charge >= 0.3 is 0 Å². The van der Waals surface area contributed by atoms with Crippen molar-refractivity contribution in [3.8, 4) is 11.5 Å². The fourth-order valence-corrected chi connectivity index (χ4v) is 5.80. The topological polar surface area (TPSA) is 146 Å².